The molecule has 0 saturated heterocycles. The zero-order chi connectivity index (χ0) is 12.9. The van der Waals surface area contributed by atoms with Crippen LogP contribution in [0.2, 0.25) is 0 Å². The van der Waals surface area contributed by atoms with Gasteiger partial charge in [-0.15, -0.1) is 0 Å². The molecule has 0 aromatic rings. The van der Waals surface area contributed by atoms with E-state index in [2.05, 4.69) is 4.74 Å². The van der Waals surface area contributed by atoms with Crippen LogP contribution in [0.1, 0.15) is 32.6 Å². The minimum atomic E-state index is -3.44. The Morgan fingerprint density at radius 3 is 2.53 bits per heavy atom. The standard InChI is InChI=1S/C11H21NO4S/c1-2-16-11(13)8-17(14,15)7-10(12)9-5-3-4-6-9/h9-10H,2-8,12H2,1H3. The fraction of sp³-hybridized carbons (Fsp3) is 0.909. The number of carbonyl (C=O) groups is 1. The van der Waals surface area contributed by atoms with Gasteiger partial charge in [-0.05, 0) is 25.7 Å². The van der Waals surface area contributed by atoms with Crippen molar-refractivity contribution in [1.29, 1.82) is 0 Å². The van der Waals surface area contributed by atoms with Crippen LogP contribution in [-0.4, -0.2) is 38.5 Å². The third-order valence-corrected chi connectivity index (χ3v) is 4.66. The van der Waals surface area contributed by atoms with Gasteiger partial charge in [-0.2, -0.15) is 0 Å². The second kappa shape index (κ2) is 6.35. The second-order valence-electron chi connectivity index (χ2n) is 4.57. The molecule has 17 heavy (non-hydrogen) atoms. The molecular weight excluding hydrogens is 242 g/mol. The van der Waals surface area contributed by atoms with E-state index < -0.39 is 21.6 Å². The Hall–Kier alpha value is -0.620. The number of rotatable bonds is 6. The third-order valence-electron chi connectivity index (χ3n) is 3.09. The van der Waals surface area contributed by atoms with Gasteiger partial charge in [0.15, 0.2) is 9.84 Å². The van der Waals surface area contributed by atoms with Gasteiger partial charge in [-0.3, -0.25) is 4.79 Å². The topological polar surface area (TPSA) is 86.5 Å². The first-order chi connectivity index (χ1) is 7.94. The Labute approximate surface area is 103 Å². The monoisotopic (exact) mass is 263 g/mol. The van der Waals surface area contributed by atoms with Crippen LogP contribution in [0.4, 0.5) is 0 Å². The number of sulfone groups is 1. The van der Waals surface area contributed by atoms with Crippen LogP contribution in [0, 0.1) is 5.92 Å². The van der Waals surface area contributed by atoms with Crippen molar-refractivity contribution < 1.29 is 17.9 Å². The van der Waals surface area contributed by atoms with E-state index in [1.165, 1.54) is 0 Å². The molecule has 1 rings (SSSR count). The molecule has 0 aliphatic heterocycles. The molecule has 0 bridgehead atoms. The fourth-order valence-corrected chi connectivity index (χ4v) is 3.67. The van der Waals surface area contributed by atoms with Gasteiger partial charge in [0.05, 0.1) is 12.4 Å². The predicted molar refractivity (Wildman–Crippen MR) is 65.2 cm³/mol. The SMILES string of the molecule is CCOC(=O)CS(=O)(=O)CC(N)C1CCCC1. The molecule has 0 radical (unpaired) electrons. The summed E-state index contributed by atoms with van der Waals surface area (Å²) in [4.78, 5) is 11.1. The van der Waals surface area contributed by atoms with Crippen molar-refractivity contribution in [2.75, 3.05) is 18.1 Å². The number of carbonyl (C=O) groups excluding carboxylic acids is 1. The lowest BCUT2D eigenvalue weighted by atomic mass is 10.0. The van der Waals surface area contributed by atoms with E-state index in [0.29, 0.717) is 0 Å². The highest BCUT2D eigenvalue weighted by molar-refractivity contribution is 7.92. The molecule has 0 spiro atoms. The largest absolute Gasteiger partial charge is 0.465 e. The van der Waals surface area contributed by atoms with Gasteiger partial charge in [-0.25, -0.2) is 8.42 Å². The van der Waals surface area contributed by atoms with Crippen LogP contribution >= 0.6 is 0 Å². The Morgan fingerprint density at radius 1 is 1.41 bits per heavy atom. The molecule has 1 fully saturated rings. The summed E-state index contributed by atoms with van der Waals surface area (Å²) >= 11 is 0. The van der Waals surface area contributed by atoms with Crippen LogP contribution in [0.15, 0.2) is 0 Å². The Morgan fingerprint density at radius 2 is 2.00 bits per heavy atom. The van der Waals surface area contributed by atoms with Crippen LogP contribution in [-0.2, 0) is 19.4 Å². The first-order valence-corrected chi connectivity index (χ1v) is 7.88. The molecule has 0 heterocycles. The summed E-state index contributed by atoms with van der Waals surface area (Å²) in [6, 6.07) is -0.350. The molecule has 1 aliphatic rings. The first-order valence-electron chi connectivity index (χ1n) is 6.06. The maximum atomic E-state index is 11.7. The van der Waals surface area contributed by atoms with Crippen molar-refractivity contribution in [1.82, 2.24) is 0 Å². The van der Waals surface area contributed by atoms with Crippen molar-refractivity contribution in [3.63, 3.8) is 0 Å². The van der Waals surface area contributed by atoms with Crippen molar-refractivity contribution in [3.8, 4) is 0 Å². The summed E-state index contributed by atoms with van der Waals surface area (Å²) in [5.41, 5.74) is 5.88. The van der Waals surface area contributed by atoms with E-state index in [1.54, 1.807) is 6.92 Å². The van der Waals surface area contributed by atoms with E-state index >= 15 is 0 Å². The summed E-state index contributed by atoms with van der Waals surface area (Å²) < 4.78 is 28.0. The molecule has 6 heteroatoms. The summed E-state index contributed by atoms with van der Waals surface area (Å²) in [5.74, 6) is -1.07. The minimum Gasteiger partial charge on any atom is -0.465 e. The molecule has 1 atom stereocenters. The normalized spacial score (nSPS) is 19.2. The van der Waals surface area contributed by atoms with Crippen LogP contribution < -0.4 is 5.73 Å². The van der Waals surface area contributed by atoms with Crippen LogP contribution in [0.3, 0.4) is 0 Å². The maximum Gasteiger partial charge on any atom is 0.321 e. The minimum absolute atomic E-state index is 0.115. The van der Waals surface area contributed by atoms with Crippen molar-refractivity contribution in [2.24, 2.45) is 11.7 Å². The Balaban J connectivity index is 2.45. The highest BCUT2D eigenvalue weighted by atomic mass is 32.2. The highest BCUT2D eigenvalue weighted by Crippen LogP contribution is 2.27. The van der Waals surface area contributed by atoms with E-state index in [4.69, 9.17) is 5.73 Å². The third kappa shape index (κ3) is 5.04. The van der Waals surface area contributed by atoms with Gasteiger partial charge >= 0.3 is 5.97 Å². The number of hydrogen-bond acceptors (Lipinski definition) is 5. The summed E-state index contributed by atoms with van der Waals surface area (Å²) in [6.45, 7) is 1.85. The maximum absolute atomic E-state index is 11.7. The van der Waals surface area contributed by atoms with Gasteiger partial charge in [0.25, 0.3) is 0 Å². The molecule has 1 unspecified atom stereocenters. The lowest BCUT2D eigenvalue weighted by molar-refractivity contribution is -0.139. The molecule has 100 valence electrons. The molecule has 0 amide bonds. The second-order valence-corrected chi connectivity index (χ2v) is 6.68. The van der Waals surface area contributed by atoms with Gasteiger partial charge < -0.3 is 10.5 Å². The van der Waals surface area contributed by atoms with Gasteiger partial charge in [0, 0.05) is 6.04 Å². The average molecular weight is 263 g/mol. The fourth-order valence-electron chi connectivity index (χ4n) is 2.26. The zero-order valence-electron chi connectivity index (χ0n) is 10.2. The molecule has 0 aromatic carbocycles. The Kier molecular flexibility index (Phi) is 5.39. The molecule has 2 N–H and O–H groups in total. The van der Waals surface area contributed by atoms with E-state index in [1.807, 2.05) is 0 Å². The van der Waals surface area contributed by atoms with E-state index in [-0.39, 0.29) is 24.3 Å². The first kappa shape index (κ1) is 14.4. The van der Waals surface area contributed by atoms with Crippen LogP contribution in [0.5, 0.6) is 0 Å². The molecule has 0 aromatic heterocycles. The highest BCUT2D eigenvalue weighted by Gasteiger charge is 2.28. The number of esters is 1. The number of nitrogens with two attached hydrogens (primary N) is 1. The van der Waals surface area contributed by atoms with Gasteiger partial charge in [-0.1, -0.05) is 12.8 Å². The Bertz CT molecular complexity index is 346. The van der Waals surface area contributed by atoms with E-state index in [9.17, 15) is 13.2 Å². The quantitative estimate of drug-likeness (QED) is 0.704. The summed E-state index contributed by atoms with van der Waals surface area (Å²) in [6.07, 6.45) is 4.23. The molecule has 5 nitrogen and oxygen atoms in total. The number of ether oxygens (including phenoxy) is 1. The smallest absolute Gasteiger partial charge is 0.321 e. The molecular formula is C11H21NO4S. The van der Waals surface area contributed by atoms with Gasteiger partial charge in [0.1, 0.15) is 5.75 Å². The predicted octanol–water partition coefficient (Wildman–Crippen LogP) is 0.482. The zero-order valence-corrected chi connectivity index (χ0v) is 11.0. The molecule has 1 saturated carbocycles. The van der Waals surface area contributed by atoms with Crippen molar-refractivity contribution in [2.45, 2.75) is 38.6 Å². The van der Waals surface area contributed by atoms with Crippen molar-refractivity contribution in [3.05, 3.63) is 0 Å². The lowest BCUT2D eigenvalue weighted by Crippen LogP contribution is -2.37. The lowest BCUT2D eigenvalue weighted by Gasteiger charge is -2.18. The van der Waals surface area contributed by atoms with E-state index in [0.717, 1.165) is 25.7 Å². The van der Waals surface area contributed by atoms with Crippen LogP contribution in [0.25, 0.3) is 0 Å². The summed E-state index contributed by atoms with van der Waals surface area (Å²) in [5, 5.41) is 0. The summed E-state index contributed by atoms with van der Waals surface area (Å²) in [7, 11) is -3.44. The van der Waals surface area contributed by atoms with Gasteiger partial charge in [0.2, 0.25) is 0 Å². The molecule has 1 aliphatic carbocycles. The van der Waals surface area contributed by atoms with Crippen molar-refractivity contribution >= 4 is 15.8 Å². The average Bonchev–Trinajstić information content (AvgIpc) is 2.68. The number of hydrogen-bond donors (Lipinski definition) is 1.